The minimum atomic E-state index is -4.79. The number of phenolic OH excluding ortho intramolecular Hbond substituents is 1. The van der Waals surface area contributed by atoms with Gasteiger partial charge in [-0.05, 0) is 36.5 Å². The fourth-order valence-electron chi connectivity index (χ4n) is 2.34. The van der Waals surface area contributed by atoms with Crippen molar-refractivity contribution in [1.82, 2.24) is 4.90 Å². The lowest BCUT2D eigenvalue weighted by Gasteiger charge is -2.32. The van der Waals surface area contributed by atoms with Gasteiger partial charge < -0.3 is 10.0 Å². The lowest BCUT2D eigenvalue weighted by Crippen LogP contribution is -2.45. The van der Waals surface area contributed by atoms with Crippen molar-refractivity contribution in [1.29, 1.82) is 0 Å². The summed E-state index contributed by atoms with van der Waals surface area (Å²) in [6.07, 6.45) is -3.77. The molecule has 1 fully saturated rings. The van der Waals surface area contributed by atoms with E-state index in [1.807, 2.05) is 0 Å². The molecule has 1 aliphatic rings. The summed E-state index contributed by atoms with van der Waals surface area (Å²) in [5.41, 5.74) is 0.983. The fourth-order valence-corrected chi connectivity index (χ4v) is 2.34. The summed E-state index contributed by atoms with van der Waals surface area (Å²) < 4.78 is 36.8. The van der Waals surface area contributed by atoms with Gasteiger partial charge in [0.25, 0.3) is 0 Å². The number of carbonyl (C=O) groups excluding carboxylic acids is 1. The molecule has 2 rings (SSSR count). The summed E-state index contributed by atoms with van der Waals surface area (Å²) in [5.74, 6) is -1.46. The minimum absolute atomic E-state index is 0.115. The van der Waals surface area contributed by atoms with Crippen LogP contribution in [-0.4, -0.2) is 35.2 Å². The number of amides is 1. The Bertz CT molecular complexity index is 448. The third-order valence-corrected chi connectivity index (χ3v) is 3.39. The Morgan fingerprint density at radius 3 is 2.16 bits per heavy atom. The van der Waals surface area contributed by atoms with E-state index in [9.17, 15) is 23.1 Å². The van der Waals surface area contributed by atoms with Crippen molar-refractivity contribution < 1.29 is 23.1 Å². The number of hydrogen-bond donors (Lipinski definition) is 1. The van der Waals surface area contributed by atoms with Gasteiger partial charge >= 0.3 is 12.1 Å². The van der Waals surface area contributed by atoms with Crippen LogP contribution in [0.15, 0.2) is 24.3 Å². The molecule has 0 aliphatic carbocycles. The third-order valence-electron chi connectivity index (χ3n) is 3.39. The van der Waals surface area contributed by atoms with Crippen LogP contribution in [-0.2, 0) is 4.79 Å². The Balaban J connectivity index is 1.96. The summed E-state index contributed by atoms with van der Waals surface area (Å²) in [6.45, 7) is 0.230. The maximum absolute atomic E-state index is 12.3. The van der Waals surface area contributed by atoms with Gasteiger partial charge in [0.05, 0.1) is 0 Å². The number of carbonyl (C=O) groups is 1. The first kappa shape index (κ1) is 13.7. The second-order valence-electron chi connectivity index (χ2n) is 4.66. The molecule has 1 aromatic rings. The first-order valence-electron chi connectivity index (χ1n) is 6.03. The molecule has 0 radical (unpaired) electrons. The molecule has 1 heterocycles. The fraction of sp³-hybridized carbons (Fsp3) is 0.462. The minimum Gasteiger partial charge on any atom is -0.508 e. The highest BCUT2D eigenvalue weighted by Gasteiger charge is 2.43. The van der Waals surface area contributed by atoms with Gasteiger partial charge in [0.2, 0.25) is 0 Å². The zero-order valence-electron chi connectivity index (χ0n) is 10.2. The second kappa shape index (κ2) is 5.11. The molecule has 0 saturated carbocycles. The van der Waals surface area contributed by atoms with Gasteiger partial charge in [0.1, 0.15) is 5.75 Å². The van der Waals surface area contributed by atoms with Crippen LogP contribution in [0.1, 0.15) is 24.3 Å². The molecule has 1 aliphatic heterocycles. The number of likely N-dealkylation sites (tertiary alicyclic amines) is 1. The Labute approximate surface area is 108 Å². The lowest BCUT2D eigenvalue weighted by atomic mass is 9.89. The van der Waals surface area contributed by atoms with E-state index in [-0.39, 0.29) is 24.8 Å². The van der Waals surface area contributed by atoms with E-state index >= 15 is 0 Å². The van der Waals surface area contributed by atoms with Crippen molar-refractivity contribution in [2.75, 3.05) is 13.1 Å². The van der Waals surface area contributed by atoms with Crippen molar-refractivity contribution in [3.8, 4) is 5.75 Å². The largest absolute Gasteiger partial charge is 0.508 e. The monoisotopic (exact) mass is 273 g/mol. The highest BCUT2D eigenvalue weighted by Crippen LogP contribution is 2.30. The van der Waals surface area contributed by atoms with Crippen molar-refractivity contribution >= 4 is 5.91 Å². The zero-order valence-corrected chi connectivity index (χ0v) is 10.2. The molecule has 0 spiro atoms. The molecule has 0 unspecified atom stereocenters. The van der Waals surface area contributed by atoms with E-state index < -0.39 is 12.1 Å². The maximum Gasteiger partial charge on any atom is 0.471 e. The first-order chi connectivity index (χ1) is 8.88. The quantitative estimate of drug-likeness (QED) is 0.854. The molecule has 0 bridgehead atoms. The van der Waals surface area contributed by atoms with E-state index in [4.69, 9.17) is 0 Å². The van der Waals surface area contributed by atoms with Crippen LogP contribution in [0.2, 0.25) is 0 Å². The summed E-state index contributed by atoms with van der Waals surface area (Å²) in [6, 6.07) is 6.65. The van der Waals surface area contributed by atoms with Crippen LogP contribution in [0.25, 0.3) is 0 Å². The number of nitrogens with zero attached hydrogens (tertiary/aromatic N) is 1. The molecule has 1 saturated heterocycles. The van der Waals surface area contributed by atoms with Crippen molar-refractivity contribution in [2.24, 2.45) is 0 Å². The van der Waals surface area contributed by atoms with E-state index in [1.165, 1.54) is 0 Å². The Hall–Kier alpha value is -1.72. The van der Waals surface area contributed by atoms with Crippen LogP contribution in [0, 0.1) is 0 Å². The van der Waals surface area contributed by atoms with Crippen LogP contribution in [0.4, 0.5) is 13.2 Å². The van der Waals surface area contributed by atoms with E-state index in [0.29, 0.717) is 12.8 Å². The van der Waals surface area contributed by atoms with Crippen LogP contribution in [0.5, 0.6) is 5.75 Å². The average Bonchev–Trinajstić information content (AvgIpc) is 2.38. The molecular weight excluding hydrogens is 259 g/mol. The normalized spacial score (nSPS) is 17.5. The SMILES string of the molecule is O=C(N1CCC(c2ccc(O)cc2)CC1)C(F)(F)F. The molecular formula is C13H14F3NO2. The number of piperidine rings is 1. The maximum atomic E-state index is 12.3. The number of halogens is 3. The predicted molar refractivity (Wildman–Crippen MR) is 62.7 cm³/mol. The lowest BCUT2D eigenvalue weighted by molar-refractivity contribution is -0.186. The predicted octanol–water partition coefficient (Wildman–Crippen LogP) is 2.66. The highest BCUT2D eigenvalue weighted by atomic mass is 19.4. The van der Waals surface area contributed by atoms with Crippen LogP contribution < -0.4 is 0 Å². The molecule has 0 atom stereocenters. The smallest absolute Gasteiger partial charge is 0.471 e. The number of benzene rings is 1. The topological polar surface area (TPSA) is 40.5 Å². The van der Waals surface area contributed by atoms with Gasteiger partial charge in [-0.2, -0.15) is 13.2 Å². The summed E-state index contributed by atoms with van der Waals surface area (Å²) in [5, 5.41) is 9.18. The highest BCUT2D eigenvalue weighted by molar-refractivity contribution is 5.81. The molecule has 3 nitrogen and oxygen atoms in total. The summed E-state index contributed by atoms with van der Waals surface area (Å²) in [4.78, 5) is 11.9. The second-order valence-corrected chi connectivity index (χ2v) is 4.66. The van der Waals surface area contributed by atoms with Crippen molar-refractivity contribution in [3.05, 3.63) is 29.8 Å². The van der Waals surface area contributed by atoms with Gasteiger partial charge in [0, 0.05) is 13.1 Å². The Morgan fingerprint density at radius 1 is 1.16 bits per heavy atom. The van der Waals surface area contributed by atoms with Gasteiger partial charge in [-0.25, -0.2) is 0 Å². The number of alkyl halides is 3. The standard InChI is InChI=1S/C13H14F3NO2/c14-13(15,16)12(19)17-7-5-10(6-8-17)9-1-3-11(18)4-2-9/h1-4,10,18H,5-8H2. The number of hydrogen-bond acceptors (Lipinski definition) is 2. The van der Waals surface area contributed by atoms with E-state index in [2.05, 4.69) is 0 Å². The molecule has 19 heavy (non-hydrogen) atoms. The van der Waals surface area contributed by atoms with Gasteiger partial charge in [-0.15, -0.1) is 0 Å². The molecule has 1 amide bonds. The molecule has 0 aromatic heterocycles. The van der Waals surface area contributed by atoms with Gasteiger partial charge in [0.15, 0.2) is 0 Å². The average molecular weight is 273 g/mol. The summed E-state index contributed by atoms with van der Waals surface area (Å²) >= 11 is 0. The van der Waals surface area contributed by atoms with Gasteiger partial charge in [-0.3, -0.25) is 4.79 Å². The third kappa shape index (κ3) is 3.19. The number of phenols is 1. The van der Waals surface area contributed by atoms with Crippen molar-refractivity contribution in [3.63, 3.8) is 0 Å². The molecule has 104 valence electrons. The number of aromatic hydroxyl groups is 1. The molecule has 1 N–H and O–H groups in total. The molecule has 1 aromatic carbocycles. The van der Waals surface area contributed by atoms with Crippen LogP contribution >= 0.6 is 0 Å². The molecule has 6 heteroatoms. The van der Waals surface area contributed by atoms with Crippen LogP contribution in [0.3, 0.4) is 0 Å². The van der Waals surface area contributed by atoms with E-state index in [0.717, 1.165) is 10.5 Å². The van der Waals surface area contributed by atoms with E-state index in [1.54, 1.807) is 24.3 Å². The summed E-state index contributed by atoms with van der Waals surface area (Å²) in [7, 11) is 0. The first-order valence-corrected chi connectivity index (χ1v) is 6.03. The Morgan fingerprint density at radius 2 is 1.68 bits per heavy atom. The zero-order chi connectivity index (χ0) is 14.0. The van der Waals surface area contributed by atoms with Crippen molar-refractivity contribution in [2.45, 2.75) is 24.9 Å². The van der Waals surface area contributed by atoms with Gasteiger partial charge in [-0.1, -0.05) is 12.1 Å². The number of rotatable bonds is 1. The Kier molecular flexibility index (Phi) is 3.68.